The van der Waals surface area contributed by atoms with E-state index in [0.29, 0.717) is 24.3 Å². The van der Waals surface area contributed by atoms with Crippen molar-refractivity contribution in [1.82, 2.24) is 5.32 Å². The van der Waals surface area contributed by atoms with E-state index in [0.717, 1.165) is 57.8 Å². The van der Waals surface area contributed by atoms with E-state index in [1.54, 1.807) is 0 Å². The summed E-state index contributed by atoms with van der Waals surface area (Å²) in [5.74, 6) is 0.886. The summed E-state index contributed by atoms with van der Waals surface area (Å²) in [6.45, 7) is -0.221. The molecule has 3 unspecified atom stereocenters. The van der Waals surface area contributed by atoms with E-state index in [-0.39, 0.29) is 34.4 Å². The maximum absolute atomic E-state index is 13.8. The molecule has 162 valence electrons. The lowest BCUT2D eigenvalue weighted by molar-refractivity contribution is -0.139. The fraction of sp³-hybridized carbons (Fsp3) is 0.731. The lowest BCUT2D eigenvalue weighted by atomic mass is 9.36. The normalized spacial score (nSPS) is 48.3. The standard InChI is InChI=1S/C26H35FN2O/c27-11-10-24-13-18-12-23(22(30)29-21-8-6-20(28)7-9-21)15-25(17-24,26(24,14-18)16-23)19-4-2-1-3-5-19/h1-5,18,20-21H,6-17,28H2,(H,29,30)/t18?,20-,21+,23?,24-,25-,26?/m1/s1. The van der Waals surface area contributed by atoms with Gasteiger partial charge in [-0.25, -0.2) is 0 Å². The Morgan fingerprint density at radius 2 is 1.80 bits per heavy atom. The van der Waals surface area contributed by atoms with Gasteiger partial charge in [-0.3, -0.25) is 9.18 Å². The average molecular weight is 411 g/mol. The zero-order valence-electron chi connectivity index (χ0n) is 18.0. The fourth-order valence-corrected chi connectivity index (χ4v) is 9.54. The first kappa shape index (κ1) is 19.3. The lowest BCUT2D eigenvalue weighted by Crippen LogP contribution is -2.62. The molecular weight excluding hydrogens is 375 g/mol. The summed E-state index contributed by atoms with van der Waals surface area (Å²) in [4.78, 5) is 13.8. The molecule has 5 fully saturated rings. The minimum atomic E-state index is -0.257. The van der Waals surface area contributed by atoms with Crippen LogP contribution in [0.15, 0.2) is 30.3 Å². The maximum Gasteiger partial charge on any atom is 0.226 e. The first-order valence-electron chi connectivity index (χ1n) is 12.1. The van der Waals surface area contributed by atoms with Crippen molar-refractivity contribution in [2.45, 2.75) is 88.1 Å². The van der Waals surface area contributed by atoms with Crippen LogP contribution >= 0.6 is 0 Å². The molecule has 1 aromatic rings. The van der Waals surface area contributed by atoms with E-state index < -0.39 is 0 Å². The Kier molecular flexibility index (Phi) is 4.05. The van der Waals surface area contributed by atoms with E-state index in [4.69, 9.17) is 5.73 Å². The van der Waals surface area contributed by atoms with Crippen LogP contribution in [0.4, 0.5) is 4.39 Å². The van der Waals surface area contributed by atoms with Gasteiger partial charge in [0.25, 0.3) is 0 Å². The predicted octanol–water partition coefficient (Wildman–Crippen LogP) is 4.64. The van der Waals surface area contributed by atoms with Crippen molar-refractivity contribution < 1.29 is 9.18 Å². The fourth-order valence-electron chi connectivity index (χ4n) is 9.54. The predicted molar refractivity (Wildman–Crippen MR) is 116 cm³/mol. The van der Waals surface area contributed by atoms with Crippen molar-refractivity contribution in [2.75, 3.05) is 6.67 Å². The van der Waals surface area contributed by atoms with E-state index >= 15 is 0 Å². The number of hydrogen-bond acceptors (Lipinski definition) is 2. The van der Waals surface area contributed by atoms with E-state index in [1.807, 2.05) is 0 Å². The van der Waals surface area contributed by atoms with Crippen LogP contribution in [0.1, 0.15) is 76.2 Å². The number of rotatable bonds is 5. The Morgan fingerprint density at radius 3 is 2.53 bits per heavy atom. The Morgan fingerprint density at radius 1 is 1.03 bits per heavy atom. The molecule has 5 aliphatic carbocycles. The molecular formula is C26H35FN2O. The Hall–Kier alpha value is -1.42. The number of carbonyl (C=O) groups is 1. The van der Waals surface area contributed by atoms with Gasteiger partial charge in [-0.1, -0.05) is 30.3 Å². The van der Waals surface area contributed by atoms with Crippen molar-refractivity contribution in [3.8, 4) is 0 Å². The van der Waals surface area contributed by atoms with Crippen molar-refractivity contribution in [3.05, 3.63) is 35.9 Å². The van der Waals surface area contributed by atoms with Gasteiger partial charge in [-0.05, 0) is 92.9 Å². The number of nitrogens with one attached hydrogen (secondary N) is 1. The maximum atomic E-state index is 13.8. The summed E-state index contributed by atoms with van der Waals surface area (Å²) in [7, 11) is 0. The number of alkyl halides is 1. The molecule has 5 aliphatic rings. The SMILES string of the molecule is N[C@H]1CC[C@@H](NC(=O)C23CC4CC5(C2)[C@](CCF)(C4)C[C@@]5(c2ccccc2)C3)CC1. The summed E-state index contributed by atoms with van der Waals surface area (Å²) in [6.07, 6.45) is 11.1. The molecule has 1 aromatic carbocycles. The number of fused-ring (bicyclic) bond motifs is 2. The number of nitrogens with two attached hydrogens (primary N) is 1. The Labute approximate surface area is 179 Å². The third-order valence-electron chi connectivity index (χ3n) is 10.3. The number of benzene rings is 1. The van der Waals surface area contributed by atoms with Gasteiger partial charge in [0.1, 0.15) is 0 Å². The highest BCUT2D eigenvalue weighted by atomic mass is 19.1. The summed E-state index contributed by atoms with van der Waals surface area (Å²) in [5, 5.41) is 3.48. The first-order chi connectivity index (χ1) is 14.5. The molecule has 0 aromatic heterocycles. The topological polar surface area (TPSA) is 55.1 Å². The number of amides is 1. The molecule has 1 spiro atoms. The monoisotopic (exact) mass is 410 g/mol. The third-order valence-corrected chi connectivity index (χ3v) is 10.3. The quantitative estimate of drug-likeness (QED) is 0.743. The Balaban J connectivity index is 1.36. The van der Waals surface area contributed by atoms with E-state index in [9.17, 15) is 9.18 Å². The van der Waals surface area contributed by atoms with Crippen LogP contribution in [-0.2, 0) is 10.2 Å². The van der Waals surface area contributed by atoms with Crippen LogP contribution in [0, 0.1) is 22.2 Å². The van der Waals surface area contributed by atoms with Gasteiger partial charge in [-0.15, -0.1) is 0 Å². The molecule has 1 amide bonds. The number of hydrogen-bond donors (Lipinski definition) is 2. The highest BCUT2D eigenvalue weighted by Gasteiger charge is 2.84. The molecule has 0 saturated heterocycles. The van der Waals surface area contributed by atoms with Crippen LogP contribution in [0.3, 0.4) is 0 Å². The minimum Gasteiger partial charge on any atom is -0.353 e. The molecule has 4 heteroatoms. The summed E-state index contributed by atoms with van der Waals surface area (Å²) < 4.78 is 13.7. The first-order valence-corrected chi connectivity index (χ1v) is 12.1. The average Bonchev–Trinajstić information content (AvgIpc) is 3.03. The second kappa shape index (κ2) is 6.31. The number of carbonyl (C=O) groups excluding carboxylic acids is 1. The largest absolute Gasteiger partial charge is 0.353 e. The third kappa shape index (κ3) is 2.27. The Bertz CT molecular complexity index is 852. The van der Waals surface area contributed by atoms with Gasteiger partial charge in [-0.2, -0.15) is 0 Å². The van der Waals surface area contributed by atoms with Gasteiger partial charge in [0.15, 0.2) is 0 Å². The molecule has 0 heterocycles. The van der Waals surface area contributed by atoms with Crippen molar-refractivity contribution >= 4 is 5.91 Å². The summed E-state index contributed by atoms with van der Waals surface area (Å²) in [5.41, 5.74) is 7.55. The highest BCUT2D eigenvalue weighted by Crippen LogP contribution is 2.89. The molecule has 0 aliphatic heterocycles. The summed E-state index contributed by atoms with van der Waals surface area (Å²) >= 11 is 0. The second-order valence-electron chi connectivity index (χ2n) is 11.6. The zero-order chi connectivity index (χ0) is 20.6. The second-order valence-corrected chi connectivity index (χ2v) is 11.6. The van der Waals surface area contributed by atoms with Crippen LogP contribution in [-0.4, -0.2) is 24.7 Å². The van der Waals surface area contributed by atoms with Crippen LogP contribution < -0.4 is 11.1 Å². The molecule has 3 N–H and O–H groups in total. The molecule has 3 nitrogen and oxygen atoms in total. The molecule has 5 atom stereocenters. The van der Waals surface area contributed by atoms with Gasteiger partial charge >= 0.3 is 0 Å². The minimum absolute atomic E-state index is 0.0704. The zero-order valence-corrected chi connectivity index (χ0v) is 18.0. The molecule has 6 rings (SSSR count). The molecule has 3 bridgehead atoms. The van der Waals surface area contributed by atoms with E-state index in [2.05, 4.69) is 35.6 Å². The van der Waals surface area contributed by atoms with Gasteiger partial charge in [0, 0.05) is 17.5 Å². The van der Waals surface area contributed by atoms with Crippen LogP contribution in [0.2, 0.25) is 0 Å². The van der Waals surface area contributed by atoms with Crippen molar-refractivity contribution in [1.29, 1.82) is 0 Å². The van der Waals surface area contributed by atoms with Crippen molar-refractivity contribution in [3.63, 3.8) is 0 Å². The lowest BCUT2D eigenvalue weighted by Gasteiger charge is -2.67. The van der Waals surface area contributed by atoms with Gasteiger partial charge < -0.3 is 11.1 Å². The van der Waals surface area contributed by atoms with Crippen molar-refractivity contribution in [2.24, 2.45) is 27.9 Å². The smallest absolute Gasteiger partial charge is 0.226 e. The molecule has 5 saturated carbocycles. The molecule has 0 radical (unpaired) electrons. The molecule has 30 heavy (non-hydrogen) atoms. The highest BCUT2D eigenvalue weighted by molar-refractivity contribution is 5.85. The van der Waals surface area contributed by atoms with Gasteiger partial charge in [0.2, 0.25) is 5.91 Å². The van der Waals surface area contributed by atoms with Gasteiger partial charge in [0.05, 0.1) is 12.1 Å². The van der Waals surface area contributed by atoms with Crippen LogP contribution in [0.25, 0.3) is 0 Å². The van der Waals surface area contributed by atoms with E-state index in [1.165, 1.54) is 12.0 Å². The van der Waals surface area contributed by atoms with Crippen LogP contribution in [0.5, 0.6) is 0 Å². The number of halogens is 1. The summed E-state index contributed by atoms with van der Waals surface area (Å²) in [6, 6.07) is 11.5.